The van der Waals surface area contributed by atoms with Gasteiger partial charge in [0, 0.05) is 17.1 Å². The van der Waals surface area contributed by atoms with Gasteiger partial charge >= 0.3 is 12.3 Å². The number of halogens is 2. The monoisotopic (exact) mass is 433 g/mol. The Morgan fingerprint density at radius 3 is 2.70 bits per heavy atom. The first-order chi connectivity index (χ1) is 14.3. The number of urea groups is 1. The number of aliphatic hydroxyl groups is 1. The minimum atomic E-state index is -3.71. The Morgan fingerprint density at radius 2 is 1.97 bits per heavy atom. The maximum Gasteiger partial charge on any atom is 0.586 e. The zero-order chi connectivity index (χ0) is 21.3. The summed E-state index contributed by atoms with van der Waals surface area (Å²) in [6.07, 6.45) is -1.98. The number of hydrogen-bond donors (Lipinski definition) is 2. The summed E-state index contributed by atoms with van der Waals surface area (Å²) in [6, 6.07) is 12.1. The number of alkyl halides is 2. The van der Waals surface area contributed by atoms with E-state index >= 15 is 0 Å². The predicted molar refractivity (Wildman–Crippen MR) is 105 cm³/mol. The molecule has 2 amide bonds. The average Bonchev–Trinajstić information content (AvgIpc) is 3.23. The van der Waals surface area contributed by atoms with E-state index in [0.29, 0.717) is 10.5 Å². The quantitative estimate of drug-likeness (QED) is 0.660. The van der Waals surface area contributed by atoms with Gasteiger partial charge in [-0.1, -0.05) is 30.3 Å². The van der Waals surface area contributed by atoms with Crippen LogP contribution in [0.4, 0.5) is 13.6 Å². The van der Waals surface area contributed by atoms with Crippen molar-refractivity contribution in [3.8, 4) is 17.2 Å². The van der Waals surface area contributed by atoms with Crippen LogP contribution in [0.5, 0.6) is 11.5 Å². The summed E-state index contributed by atoms with van der Waals surface area (Å²) in [5.41, 5.74) is 1.23. The molecule has 1 aliphatic heterocycles. The molecule has 30 heavy (non-hydrogen) atoms. The van der Waals surface area contributed by atoms with Crippen LogP contribution >= 0.6 is 11.3 Å². The smallest absolute Gasteiger partial charge is 0.395 e. The highest BCUT2D eigenvalue weighted by Gasteiger charge is 2.43. The van der Waals surface area contributed by atoms with Gasteiger partial charge in [-0.25, -0.2) is 4.79 Å². The predicted octanol–water partition coefficient (Wildman–Crippen LogP) is 3.51. The lowest BCUT2D eigenvalue weighted by molar-refractivity contribution is -0.286. The molecule has 4 rings (SSSR count). The van der Waals surface area contributed by atoms with Crippen LogP contribution in [-0.2, 0) is 0 Å². The van der Waals surface area contributed by atoms with Crippen LogP contribution < -0.4 is 19.6 Å². The van der Waals surface area contributed by atoms with Gasteiger partial charge in [0.1, 0.15) is 0 Å². The molecule has 2 heterocycles. The van der Waals surface area contributed by atoms with E-state index in [-0.39, 0.29) is 18.1 Å². The molecule has 0 unspecified atom stereocenters. The van der Waals surface area contributed by atoms with Gasteiger partial charge in [0.05, 0.1) is 18.3 Å². The van der Waals surface area contributed by atoms with Gasteiger partial charge in [-0.15, -0.1) is 20.1 Å². The number of thiazole rings is 1. The van der Waals surface area contributed by atoms with Crippen molar-refractivity contribution in [1.82, 2.24) is 9.88 Å². The molecule has 2 N–H and O–H groups in total. The Balaban J connectivity index is 1.62. The third kappa shape index (κ3) is 4.19. The van der Waals surface area contributed by atoms with Gasteiger partial charge in [-0.3, -0.25) is 4.57 Å². The van der Waals surface area contributed by atoms with Crippen LogP contribution in [0.25, 0.3) is 5.69 Å². The number of aryl methyl sites for hydroxylation is 1. The average molecular weight is 433 g/mol. The van der Waals surface area contributed by atoms with Crippen LogP contribution in [0.3, 0.4) is 0 Å². The van der Waals surface area contributed by atoms with Crippen molar-refractivity contribution in [3.05, 3.63) is 70.0 Å². The molecule has 1 aliphatic rings. The van der Waals surface area contributed by atoms with Crippen LogP contribution in [0.1, 0.15) is 16.5 Å². The standard InChI is InChI=1S/C20H17F2N3O4S/c1-12-10-25(14-7-8-16-17(9-14)29-20(21,22)28-16)19(30-12)24-18(27)23-15(11-26)13-5-3-2-4-6-13/h2-10,15,26H,11H2,1H3,(H,23,27)/b24-19-/t15-/m1/s1. The molecule has 1 atom stereocenters. The van der Waals surface area contributed by atoms with E-state index in [4.69, 9.17) is 0 Å². The Bertz CT molecular complexity index is 1140. The number of benzene rings is 2. The molecule has 0 fully saturated rings. The molecule has 0 saturated carbocycles. The zero-order valence-electron chi connectivity index (χ0n) is 15.7. The van der Waals surface area contributed by atoms with Crippen LogP contribution in [0.2, 0.25) is 0 Å². The Kier molecular flexibility index (Phi) is 5.27. The lowest BCUT2D eigenvalue weighted by atomic mass is 10.1. The minimum Gasteiger partial charge on any atom is -0.395 e. The summed E-state index contributed by atoms with van der Waals surface area (Å²) >= 11 is 1.25. The van der Waals surface area contributed by atoms with Crippen molar-refractivity contribution in [2.24, 2.45) is 4.99 Å². The van der Waals surface area contributed by atoms with Gasteiger partial charge in [-0.2, -0.15) is 4.99 Å². The first-order valence-electron chi connectivity index (χ1n) is 8.95. The van der Waals surface area contributed by atoms with Gasteiger partial charge < -0.3 is 19.9 Å². The van der Waals surface area contributed by atoms with Crippen molar-refractivity contribution in [2.45, 2.75) is 19.3 Å². The molecular weight excluding hydrogens is 416 g/mol. The van der Waals surface area contributed by atoms with Crippen molar-refractivity contribution < 1.29 is 28.2 Å². The van der Waals surface area contributed by atoms with Crippen LogP contribution in [-0.4, -0.2) is 28.6 Å². The van der Waals surface area contributed by atoms with E-state index in [1.807, 2.05) is 13.0 Å². The van der Waals surface area contributed by atoms with E-state index in [9.17, 15) is 18.7 Å². The van der Waals surface area contributed by atoms with Gasteiger partial charge in [-0.05, 0) is 24.6 Å². The zero-order valence-corrected chi connectivity index (χ0v) is 16.5. The number of hydrogen-bond acceptors (Lipinski definition) is 5. The summed E-state index contributed by atoms with van der Waals surface area (Å²) in [5, 5.41) is 12.3. The van der Waals surface area contributed by atoms with Crippen molar-refractivity contribution >= 4 is 17.4 Å². The number of fused-ring (bicyclic) bond motifs is 1. The Hall–Kier alpha value is -3.24. The molecule has 0 aliphatic carbocycles. The molecule has 0 saturated heterocycles. The molecule has 0 radical (unpaired) electrons. The summed E-state index contributed by atoms with van der Waals surface area (Å²) in [6.45, 7) is 1.55. The van der Waals surface area contributed by atoms with Gasteiger partial charge in [0.25, 0.3) is 0 Å². The second-order valence-corrected chi connectivity index (χ2v) is 7.71. The molecule has 2 aromatic carbocycles. The fraction of sp³-hybridized carbons (Fsp3) is 0.200. The number of nitrogens with one attached hydrogen (secondary N) is 1. The molecule has 3 aromatic rings. The van der Waals surface area contributed by atoms with E-state index in [1.54, 1.807) is 41.1 Å². The Labute approximate surface area is 173 Å². The summed E-state index contributed by atoms with van der Waals surface area (Å²) in [4.78, 5) is 17.8. The molecule has 10 heteroatoms. The normalized spacial score (nSPS) is 15.8. The number of aliphatic hydroxyl groups excluding tert-OH is 1. The third-order valence-corrected chi connectivity index (χ3v) is 5.21. The number of carbonyl (C=O) groups is 1. The topological polar surface area (TPSA) is 85.1 Å². The Morgan fingerprint density at radius 1 is 1.23 bits per heavy atom. The fourth-order valence-electron chi connectivity index (χ4n) is 2.99. The molecule has 1 aromatic heterocycles. The van der Waals surface area contributed by atoms with E-state index in [1.165, 1.54) is 23.5 Å². The first-order valence-corrected chi connectivity index (χ1v) is 9.77. The highest BCUT2D eigenvalue weighted by molar-refractivity contribution is 7.09. The van der Waals surface area contributed by atoms with Crippen LogP contribution in [0, 0.1) is 6.92 Å². The number of rotatable bonds is 4. The van der Waals surface area contributed by atoms with E-state index in [0.717, 1.165) is 10.4 Å². The molecule has 0 spiro atoms. The molecule has 156 valence electrons. The number of carbonyl (C=O) groups excluding carboxylic acids is 1. The number of nitrogens with zero attached hydrogens (tertiary/aromatic N) is 2. The van der Waals surface area contributed by atoms with Gasteiger partial charge in [0.15, 0.2) is 16.3 Å². The maximum absolute atomic E-state index is 13.3. The van der Waals surface area contributed by atoms with E-state index < -0.39 is 18.4 Å². The highest BCUT2D eigenvalue weighted by atomic mass is 32.1. The summed E-state index contributed by atoms with van der Waals surface area (Å²) < 4.78 is 37.1. The van der Waals surface area contributed by atoms with Crippen molar-refractivity contribution in [1.29, 1.82) is 0 Å². The largest absolute Gasteiger partial charge is 0.586 e. The fourth-order valence-corrected chi connectivity index (χ4v) is 3.82. The second kappa shape index (κ2) is 7.88. The van der Waals surface area contributed by atoms with Crippen molar-refractivity contribution in [3.63, 3.8) is 0 Å². The number of aromatic nitrogens is 1. The summed E-state index contributed by atoms with van der Waals surface area (Å²) in [7, 11) is 0. The number of amides is 2. The molecular formula is C20H17F2N3O4S. The van der Waals surface area contributed by atoms with Crippen LogP contribution in [0.15, 0.2) is 59.7 Å². The maximum atomic E-state index is 13.3. The SMILES string of the molecule is Cc1cn(-c2ccc3c(c2)OC(F)(F)O3)/c(=N/C(=O)N[C@H](CO)c2ccccc2)s1. The summed E-state index contributed by atoms with van der Waals surface area (Å²) in [5.74, 6) is -0.171. The highest BCUT2D eigenvalue weighted by Crippen LogP contribution is 2.41. The first kappa shape index (κ1) is 20.0. The van der Waals surface area contributed by atoms with Gasteiger partial charge in [0.2, 0.25) is 0 Å². The molecule has 0 bridgehead atoms. The second-order valence-electron chi connectivity index (χ2n) is 6.50. The molecule has 7 nitrogen and oxygen atoms in total. The lowest BCUT2D eigenvalue weighted by Gasteiger charge is -2.14. The minimum absolute atomic E-state index is 0.0683. The van der Waals surface area contributed by atoms with E-state index in [2.05, 4.69) is 19.8 Å². The van der Waals surface area contributed by atoms with Crippen molar-refractivity contribution in [2.75, 3.05) is 6.61 Å². The number of ether oxygens (including phenoxy) is 2. The lowest BCUT2D eigenvalue weighted by Crippen LogP contribution is -2.30. The third-order valence-electron chi connectivity index (χ3n) is 4.31.